The molecule has 9 nitrogen and oxygen atoms in total. The van der Waals surface area contributed by atoms with Crippen LogP contribution in [0, 0.1) is 10.8 Å². The Morgan fingerprint density at radius 1 is 1.05 bits per heavy atom. The zero-order valence-corrected chi connectivity index (χ0v) is 26.9. The highest BCUT2D eigenvalue weighted by Crippen LogP contribution is 2.29. The Bertz CT molecular complexity index is 1090. The number of alkyl carbamates (subject to hydrolysis) is 1. The lowest BCUT2D eigenvalue weighted by Gasteiger charge is -2.34. The number of amides is 2. The van der Waals surface area contributed by atoms with Crippen LogP contribution in [0.1, 0.15) is 104 Å². The third kappa shape index (κ3) is 10.3. The Hall–Kier alpha value is -3.10. The first-order valence-corrected chi connectivity index (χ1v) is 15.3. The van der Waals surface area contributed by atoms with E-state index < -0.39 is 47.5 Å². The molecule has 0 aliphatic carbocycles. The molecule has 0 radical (unpaired) electrons. The van der Waals surface area contributed by atoms with E-state index in [2.05, 4.69) is 51.2 Å². The highest BCUT2D eigenvalue weighted by molar-refractivity contribution is 5.90. The van der Waals surface area contributed by atoms with Crippen LogP contribution < -0.4 is 5.32 Å². The molecule has 0 spiro atoms. The zero-order chi connectivity index (χ0) is 31.7. The number of aliphatic carboxylic acids is 1. The van der Waals surface area contributed by atoms with Gasteiger partial charge >= 0.3 is 18.0 Å². The molecule has 0 aromatic heterocycles. The lowest BCUT2D eigenvalue weighted by atomic mass is 9.85. The molecular weight excluding hydrogens is 536 g/mol. The van der Waals surface area contributed by atoms with Gasteiger partial charge in [-0.15, -0.1) is 0 Å². The number of carbonyl (C=O) groups is 4. The average molecular weight is 589 g/mol. The van der Waals surface area contributed by atoms with E-state index in [0.717, 1.165) is 44.9 Å². The van der Waals surface area contributed by atoms with E-state index in [4.69, 9.17) is 9.47 Å². The summed E-state index contributed by atoms with van der Waals surface area (Å²) in [5, 5.41) is 12.4. The van der Waals surface area contributed by atoms with Crippen molar-refractivity contribution >= 4 is 23.9 Å². The number of hydrogen-bond donors (Lipinski definition) is 2. The third-order valence-corrected chi connectivity index (χ3v) is 7.93. The maximum absolute atomic E-state index is 13.5. The molecule has 9 heteroatoms. The molecule has 2 N–H and O–H groups in total. The normalized spacial score (nSPS) is 18.0. The van der Waals surface area contributed by atoms with Crippen molar-refractivity contribution in [2.75, 3.05) is 13.2 Å². The van der Waals surface area contributed by atoms with Crippen molar-refractivity contribution < 1.29 is 33.8 Å². The molecule has 236 valence electrons. The number of likely N-dealkylation sites (tertiary alicyclic amines) is 1. The van der Waals surface area contributed by atoms with Gasteiger partial charge in [0.25, 0.3) is 0 Å². The number of carboxylic acids is 1. The van der Waals surface area contributed by atoms with Crippen LogP contribution in [0.15, 0.2) is 18.2 Å². The molecule has 2 rings (SSSR count). The van der Waals surface area contributed by atoms with Crippen LogP contribution in [0.25, 0.3) is 0 Å². The van der Waals surface area contributed by atoms with Gasteiger partial charge < -0.3 is 24.8 Å². The van der Waals surface area contributed by atoms with Crippen molar-refractivity contribution in [3.63, 3.8) is 0 Å². The summed E-state index contributed by atoms with van der Waals surface area (Å²) >= 11 is 0. The van der Waals surface area contributed by atoms with E-state index in [-0.39, 0.29) is 25.0 Å². The second kappa shape index (κ2) is 15.4. The van der Waals surface area contributed by atoms with Gasteiger partial charge in [0.2, 0.25) is 5.91 Å². The molecule has 1 aromatic carbocycles. The molecule has 2 amide bonds. The van der Waals surface area contributed by atoms with E-state index in [0.29, 0.717) is 0 Å². The van der Waals surface area contributed by atoms with Crippen LogP contribution in [0.4, 0.5) is 4.79 Å². The Kier molecular flexibility index (Phi) is 12.9. The van der Waals surface area contributed by atoms with Gasteiger partial charge in [-0.2, -0.15) is 0 Å². The highest BCUT2D eigenvalue weighted by atomic mass is 16.6. The number of carbonyl (C=O) groups excluding carboxylic acids is 3. The molecule has 1 aliphatic rings. The predicted molar refractivity (Wildman–Crippen MR) is 162 cm³/mol. The minimum absolute atomic E-state index is 0.000106. The smallest absolute Gasteiger partial charge is 0.407 e. The summed E-state index contributed by atoms with van der Waals surface area (Å²) in [5.41, 5.74) is 3.39. The minimum Gasteiger partial charge on any atom is -0.480 e. The largest absolute Gasteiger partial charge is 0.480 e. The standard InChI is InChI=1S/C33H52N2O7/c1-9-14-26-23(10-2)16-13-17-24(26)15-11-12-18-33(7,8)21-41-31(40)34-28(32(4,5)6)29(37)35-20-25(42-22(3)36)19-27(35)30(38)39/h13,16-17,25,27-28H,9-12,14-15,18-21H2,1-8H3,(H,34,40)(H,38,39)/t25-,27+,28-/m1/s1. The van der Waals surface area contributed by atoms with Gasteiger partial charge in [0, 0.05) is 13.3 Å². The van der Waals surface area contributed by atoms with Crippen LogP contribution in [0.5, 0.6) is 0 Å². The second-order valence-corrected chi connectivity index (χ2v) is 13.4. The first kappa shape index (κ1) is 35.1. The van der Waals surface area contributed by atoms with E-state index in [1.54, 1.807) is 20.8 Å². The van der Waals surface area contributed by atoms with Crippen LogP contribution in [-0.4, -0.2) is 65.3 Å². The van der Waals surface area contributed by atoms with E-state index in [1.165, 1.54) is 28.5 Å². The molecule has 0 unspecified atom stereocenters. The van der Waals surface area contributed by atoms with Gasteiger partial charge in [-0.25, -0.2) is 9.59 Å². The number of nitrogens with zero attached hydrogens (tertiary/aromatic N) is 1. The molecule has 0 bridgehead atoms. The maximum atomic E-state index is 13.5. The quantitative estimate of drug-likeness (QED) is 0.211. The molecule has 0 saturated carbocycles. The lowest BCUT2D eigenvalue weighted by molar-refractivity contribution is -0.150. The van der Waals surface area contributed by atoms with Gasteiger partial charge in [0.15, 0.2) is 0 Å². The van der Waals surface area contributed by atoms with Gasteiger partial charge in [0.1, 0.15) is 18.2 Å². The first-order chi connectivity index (χ1) is 19.6. The summed E-state index contributed by atoms with van der Waals surface area (Å²) < 4.78 is 10.8. The van der Waals surface area contributed by atoms with E-state index in [9.17, 15) is 24.3 Å². The van der Waals surface area contributed by atoms with E-state index in [1.807, 2.05) is 0 Å². The number of aryl methyl sites for hydroxylation is 2. The predicted octanol–water partition coefficient (Wildman–Crippen LogP) is 5.70. The van der Waals surface area contributed by atoms with Gasteiger partial charge in [-0.3, -0.25) is 9.59 Å². The fraction of sp³-hybridized carbons (Fsp3) is 0.697. The second-order valence-electron chi connectivity index (χ2n) is 13.4. The highest BCUT2D eigenvalue weighted by Gasteiger charge is 2.46. The SMILES string of the molecule is CCCc1c(CC)cccc1CCCCC(C)(C)COC(=O)N[C@H](C(=O)N1C[C@H](OC(C)=O)C[C@H]1C(=O)O)C(C)(C)C. The van der Waals surface area contributed by atoms with Crippen LogP contribution in [0.3, 0.4) is 0 Å². The maximum Gasteiger partial charge on any atom is 0.407 e. The Morgan fingerprint density at radius 2 is 1.71 bits per heavy atom. The lowest BCUT2D eigenvalue weighted by Crippen LogP contribution is -2.57. The Labute approximate surface area is 251 Å². The summed E-state index contributed by atoms with van der Waals surface area (Å²) in [4.78, 5) is 50.9. The minimum atomic E-state index is -1.19. The molecule has 1 heterocycles. The van der Waals surface area contributed by atoms with Crippen molar-refractivity contribution in [2.45, 2.75) is 125 Å². The monoisotopic (exact) mass is 588 g/mol. The molecule has 3 atom stereocenters. The van der Waals surface area contributed by atoms with Crippen molar-refractivity contribution in [2.24, 2.45) is 10.8 Å². The topological polar surface area (TPSA) is 122 Å². The number of carboxylic acid groups (broad SMARTS) is 1. The molecule has 42 heavy (non-hydrogen) atoms. The summed E-state index contributed by atoms with van der Waals surface area (Å²) in [6.45, 7) is 15.3. The number of unbranched alkanes of at least 4 members (excludes halogenated alkanes) is 1. The summed E-state index contributed by atoms with van der Waals surface area (Å²) in [5.74, 6) is -2.27. The fourth-order valence-electron chi connectivity index (χ4n) is 5.65. The Balaban J connectivity index is 1.94. The number of benzene rings is 1. The number of hydrogen-bond acceptors (Lipinski definition) is 6. The summed E-state index contributed by atoms with van der Waals surface area (Å²) in [6.07, 6.45) is 5.80. The first-order valence-electron chi connectivity index (χ1n) is 15.3. The van der Waals surface area contributed by atoms with Gasteiger partial charge in [0.05, 0.1) is 13.2 Å². The van der Waals surface area contributed by atoms with Crippen LogP contribution in [0.2, 0.25) is 0 Å². The average Bonchev–Trinajstić information content (AvgIpc) is 3.32. The van der Waals surface area contributed by atoms with Gasteiger partial charge in [-0.05, 0) is 59.6 Å². The van der Waals surface area contributed by atoms with Gasteiger partial charge in [-0.1, -0.05) is 79.5 Å². The van der Waals surface area contributed by atoms with Crippen LogP contribution >= 0.6 is 0 Å². The third-order valence-electron chi connectivity index (χ3n) is 7.93. The number of nitrogens with one attached hydrogen (secondary N) is 1. The van der Waals surface area contributed by atoms with Crippen LogP contribution in [-0.2, 0) is 43.1 Å². The number of esters is 1. The van der Waals surface area contributed by atoms with Crippen molar-refractivity contribution in [1.29, 1.82) is 0 Å². The number of ether oxygens (including phenoxy) is 2. The fourth-order valence-corrected chi connectivity index (χ4v) is 5.65. The zero-order valence-electron chi connectivity index (χ0n) is 26.9. The van der Waals surface area contributed by atoms with Crippen molar-refractivity contribution in [3.05, 3.63) is 34.9 Å². The number of rotatable bonds is 14. The molecule has 1 aliphatic heterocycles. The molecule has 1 aromatic rings. The van der Waals surface area contributed by atoms with E-state index >= 15 is 0 Å². The van der Waals surface area contributed by atoms with Crippen molar-refractivity contribution in [3.8, 4) is 0 Å². The molecule has 1 saturated heterocycles. The Morgan fingerprint density at radius 3 is 2.29 bits per heavy atom. The molecular formula is C33H52N2O7. The summed E-state index contributed by atoms with van der Waals surface area (Å²) in [7, 11) is 0. The summed E-state index contributed by atoms with van der Waals surface area (Å²) in [6, 6.07) is 4.46. The molecule has 1 fully saturated rings. The van der Waals surface area contributed by atoms with Crippen molar-refractivity contribution in [1.82, 2.24) is 10.2 Å².